The van der Waals surface area contributed by atoms with Crippen LogP contribution in [0.5, 0.6) is 0 Å². The van der Waals surface area contributed by atoms with Crippen LogP contribution in [-0.4, -0.2) is 11.7 Å². The molecule has 84 valence electrons. The van der Waals surface area contributed by atoms with Gasteiger partial charge in [0.2, 0.25) is 0 Å². The van der Waals surface area contributed by atoms with Crippen LogP contribution in [0.15, 0.2) is 13.6 Å². The Morgan fingerprint density at radius 1 is 1.47 bits per heavy atom. The Balaban J connectivity index is 2.63. The topological polar surface area (TPSA) is 38.3 Å². The fourth-order valence-corrected chi connectivity index (χ4v) is 3.51. The van der Waals surface area contributed by atoms with Gasteiger partial charge in [-0.15, -0.1) is 11.3 Å². The third kappa shape index (κ3) is 4.53. The van der Waals surface area contributed by atoms with Crippen molar-refractivity contribution in [1.29, 1.82) is 0 Å². The van der Waals surface area contributed by atoms with Crippen LogP contribution >= 0.6 is 43.2 Å². The molecule has 0 aliphatic rings. The zero-order valence-electron chi connectivity index (χ0n) is 8.56. The highest BCUT2D eigenvalue weighted by atomic mass is 79.9. The largest absolute Gasteiger partial charge is 0.444 e. The summed E-state index contributed by atoms with van der Waals surface area (Å²) in [6.45, 7) is 5.47. The summed E-state index contributed by atoms with van der Waals surface area (Å²) in [5.41, 5.74) is 0.227. The lowest BCUT2D eigenvalue weighted by molar-refractivity contribution is 0.0636. The van der Waals surface area contributed by atoms with Crippen molar-refractivity contribution in [2.75, 3.05) is 5.32 Å². The van der Waals surface area contributed by atoms with Gasteiger partial charge in [0.15, 0.2) is 0 Å². The van der Waals surface area contributed by atoms with Crippen molar-refractivity contribution in [2.45, 2.75) is 26.4 Å². The van der Waals surface area contributed by atoms with Crippen molar-refractivity contribution in [2.24, 2.45) is 0 Å². The third-order valence-electron chi connectivity index (χ3n) is 1.29. The lowest BCUT2D eigenvalue weighted by Crippen LogP contribution is -2.27. The van der Waals surface area contributed by atoms with E-state index in [9.17, 15) is 4.79 Å². The molecule has 0 saturated carbocycles. The monoisotopic (exact) mass is 355 g/mol. The lowest BCUT2D eigenvalue weighted by Gasteiger charge is -2.19. The zero-order chi connectivity index (χ0) is 11.6. The SMILES string of the molecule is CC(C)(C)OC(=O)Nc1cc(Br)sc1Br. The van der Waals surface area contributed by atoms with Crippen molar-refractivity contribution < 1.29 is 9.53 Å². The van der Waals surface area contributed by atoms with E-state index < -0.39 is 11.7 Å². The number of hydrogen-bond donors (Lipinski definition) is 1. The molecule has 0 atom stereocenters. The van der Waals surface area contributed by atoms with Crippen molar-refractivity contribution >= 4 is 55.0 Å². The van der Waals surface area contributed by atoms with Gasteiger partial charge in [0, 0.05) is 0 Å². The van der Waals surface area contributed by atoms with Gasteiger partial charge in [0.25, 0.3) is 0 Å². The van der Waals surface area contributed by atoms with Crippen LogP contribution < -0.4 is 5.32 Å². The fourth-order valence-electron chi connectivity index (χ4n) is 0.839. The van der Waals surface area contributed by atoms with E-state index in [2.05, 4.69) is 37.2 Å². The van der Waals surface area contributed by atoms with Crippen molar-refractivity contribution in [3.63, 3.8) is 0 Å². The molecule has 6 heteroatoms. The molecular formula is C9H11Br2NO2S. The molecule has 1 N–H and O–H groups in total. The lowest BCUT2D eigenvalue weighted by atomic mass is 10.2. The Bertz CT molecular complexity index is 371. The number of amides is 1. The minimum atomic E-state index is -0.482. The number of halogens is 2. The summed E-state index contributed by atoms with van der Waals surface area (Å²) in [6, 6.07) is 1.82. The minimum absolute atomic E-state index is 0.450. The predicted molar refractivity (Wildman–Crippen MR) is 69.6 cm³/mol. The number of anilines is 1. The first kappa shape index (κ1) is 13.0. The van der Waals surface area contributed by atoms with Crippen molar-refractivity contribution in [3.8, 4) is 0 Å². The summed E-state index contributed by atoms with van der Waals surface area (Å²) in [4.78, 5) is 11.4. The number of ether oxygens (including phenoxy) is 1. The molecule has 1 rings (SSSR count). The van der Waals surface area contributed by atoms with Crippen LogP contribution in [-0.2, 0) is 4.74 Å². The third-order valence-corrected chi connectivity index (χ3v) is 3.63. The Kier molecular flexibility index (Phi) is 4.20. The Morgan fingerprint density at radius 2 is 2.07 bits per heavy atom. The molecular weight excluding hydrogens is 346 g/mol. The standard InChI is InChI=1S/C9H11Br2NO2S/c1-9(2,3)14-8(13)12-5-4-6(10)15-7(5)11/h4H,1-3H3,(H,12,13). The molecule has 0 bridgehead atoms. The highest BCUT2D eigenvalue weighted by Crippen LogP contribution is 2.35. The van der Waals surface area contributed by atoms with Crippen LogP contribution in [0.2, 0.25) is 0 Å². The molecule has 0 saturated heterocycles. The van der Waals surface area contributed by atoms with E-state index in [4.69, 9.17) is 4.74 Å². The van der Waals surface area contributed by atoms with E-state index in [0.29, 0.717) is 5.69 Å². The second-order valence-corrected chi connectivity index (χ2v) is 7.61. The molecule has 1 amide bonds. The van der Waals surface area contributed by atoms with Gasteiger partial charge in [-0.3, -0.25) is 5.32 Å². The average Bonchev–Trinajstić information content (AvgIpc) is 2.25. The second-order valence-electron chi connectivity index (χ2n) is 3.86. The first-order chi connectivity index (χ1) is 6.78. The van der Waals surface area contributed by atoms with Gasteiger partial charge >= 0.3 is 6.09 Å². The van der Waals surface area contributed by atoms with E-state index in [-0.39, 0.29) is 0 Å². The Labute approximate surface area is 109 Å². The van der Waals surface area contributed by atoms with Crippen molar-refractivity contribution in [3.05, 3.63) is 13.6 Å². The highest BCUT2D eigenvalue weighted by Gasteiger charge is 2.17. The maximum Gasteiger partial charge on any atom is 0.412 e. The summed E-state index contributed by atoms with van der Waals surface area (Å²) in [5, 5.41) is 2.66. The Hall–Kier alpha value is -0.0700. The van der Waals surface area contributed by atoms with Crippen LogP contribution in [0.4, 0.5) is 10.5 Å². The van der Waals surface area contributed by atoms with E-state index >= 15 is 0 Å². The molecule has 0 radical (unpaired) electrons. The summed E-state index contributed by atoms with van der Waals surface area (Å²) in [6.07, 6.45) is -0.450. The molecule has 0 fully saturated rings. The van der Waals surface area contributed by atoms with E-state index in [1.807, 2.05) is 26.8 Å². The number of carbonyl (C=O) groups excluding carboxylic acids is 1. The van der Waals surface area contributed by atoms with E-state index in [1.165, 1.54) is 11.3 Å². The maximum absolute atomic E-state index is 11.4. The smallest absolute Gasteiger partial charge is 0.412 e. The molecule has 0 aromatic carbocycles. The summed E-state index contributed by atoms with van der Waals surface area (Å²) in [7, 11) is 0. The van der Waals surface area contributed by atoms with E-state index in [1.54, 1.807) is 0 Å². The highest BCUT2D eigenvalue weighted by molar-refractivity contribution is 9.12. The normalized spacial score (nSPS) is 11.3. The van der Waals surface area contributed by atoms with Gasteiger partial charge in [0.05, 0.1) is 13.3 Å². The van der Waals surface area contributed by atoms with Crippen molar-refractivity contribution in [1.82, 2.24) is 0 Å². The molecule has 1 aromatic rings. The zero-order valence-corrected chi connectivity index (χ0v) is 12.5. The number of rotatable bonds is 1. The van der Waals surface area contributed by atoms with Crippen LogP contribution in [0.1, 0.15) is 20.8 Å². The van der Waals surface area contributed by atoms with Gasteiger partial charge in [-0.1, -0.05) is 0 Å². The van der Waals surface area contributed by atoms with Gasteiger partial charge in [-0.2, -0.15) is 0 Å². The van der Waals surface area contributed by atoms with Crippen LogP contribution in [0, 0.1) is 0 Å². The van der Waals surface area contributed by atoms with Gasteiger partial charge in [-0.05, 0) is 58.7 Å². The van der Waals surface area contributed by atoms with Gasteiger partial charge < -0.3 is 4.74 Å². The summed E-state index contributed by atoms with van der Waals surface area (Å²) >= 11 is 8.17. The number of thiophene rings is 1. The second kappa shape index (κ2) is 4.84. The molecule has 0 aliphatic carbocycles. The summed E-state index contributed by atoms with van der Waals surface area (Å²) in [5.74, 6) is 0. The molecule has 15 heavy (non-hydrogen) atoms. The summed E-state index contributed by atoms with van der Waals surface area (Å²) < 4.78 is 6.93. The molecule has 0 spiro atoms. The minimum Gasteiger partial charge on any atom is -0.444 e. The Morgan fingerprint density at radius 3 is 2.47 bits per heavy atom. The van der Waals surface area contributed by atoms with Crippen LogP contribution in [0.3, 0.4) is 0 Å². The fraction of sp³-hybridized carbons (Fsp3) is 0.444. The van der Waals surface area contributed by atoms with Crippen LogP contribution in [0.25, 0.3) is 0 Å². The molecule has 0 unspecified atom stereocenters. The van der Waals surface area contributed by atoms with Gasteiger partial charge in [-0.25, -0.2) is 4.79 Å². The maximum atomic E-state index is 11.4. The first-order valence-electron chi connectivity index (χ1n) is 4.23. The molecule has 0 aliphatic heterocycles. The number of nitrogens with one attached hydrogen (secondary N) is 1. The average molecular weight is 357 g/mol. The number of hydrogen-bond acceptors (Lipinski definition) is 3. The molecule has 1 heterocycles. The number of carbonyl (C=O) groups is 1. The molecule has 3 nitrogen and oxygen atoms in total. The molecule has 1 aromatic heterocycles. The quantitative estimate of drug-likeness (QED) is 0.797. The predicted octanol–water partition coefficient (Wildman–Crippen LogP) is 4.62. The van der Waals surface area contributed by atoms with E-state index in [0.717, 1.165) is 7.57 Å². The van der Waals surface area contributed by atoms with Gasteiger partial charge in [0.1, 0.15) is 5.60 Å². The first-order valence-corrected chi connectivity index (χ1v) is 6.63.